The minimum Gasteiger partial charge on any atom is -0.357 e. The van der Waals surface area contributed by atoms with E-state index in [1.807, 2.05) is 11.8 Å². The number of nitrogens with one attached hydrogen (secondary N) is 2. The molecule has 0 heterocycles. The summed E-state index contributed by atoms with van der Waals surface area (Å²) in [5, 5.41) is 7.34. The molecule has 0 saturated carbocycles. The molecule has 0 aliphatic rings. The van der Waals surface area contributed by atoms with Crippen LogP contribution in [-0.2, 0) is 0 Å². The van der Waals surface area contributed by atoms with Crippen LogP contribution < -0.4 is 10.6 Å². The highest BCUT2D eigenvalue weighted by Gasteiger charge is 2.09. The average molecular weight is 293 g/mol. The van der Waals surface area contributed by atoms with Crippen molar-refractivity contribution in [3.05, 3.63) is 35.4 Å². The zero-order valence-electron chi connectivity index (χ0n) is 13.2. The van der Waals surface area contributed by atoms with Crippen molar-refractivity contribution in [2.45, 2.75) is 39.0 Å². The highest BCUT2D eigenvalue weighted by Crippen LogP contribution is 2.16. The fourth-order valence-corrected chi connectivity index (χ4v) is 2.19. The topological polar surface area (TPSA) is 36.4 Å². The monoisotopic (exact) mass is 293 g/mol. The third-order valence-corrected chi connectivity index (χ3v) is 4.22. The lowest BCUT2D eigenvalue weighted by molar-refractivity contribution is 0.682. The van der Waals surface area contributed by atoms with E-state index in [1.165, 1.54) is 11.1 Å². The maximum atomic E-state index is 4.65. The molecule has 2 atom stereocenters. The van der Waals surface area contributed by atoms with Gasteiger partial charge in [-0.3, -0.25) is 4.99 Å². The van der Waals surface area contributed by atoms with Crippen LogP contribution in [0.4, 0.5) is 0 Å². The summed E-state index contributed by atoms with van der Waals surface area (Å²) in [7, 11) is 0. The first-order chi connectivity index (χ1) is 9.58. The molecule has 0 aliphatic heterocycles. The van der Waals surface area contributed by atoms with Crippen molar-refractivity contribution in [2.24, 2.45) is 4.99 Å². The molecule has 4 heteroatoms. The Bertz CT molecular complexity index is 431. The van der Waals surface area contributed by atoms with Crippen molar-refractivity contribution in [1.82, 2.24) is 10.6 Å². The molecule has 0 amide bonds. The van der Waals surface area contributed by atoms with Crippen molar-refractivity contribution >= 4 is 17.7 Å². The first-order valence-electron chi connectivity index (χ1n) is 7.21. The highest BCUT2D eigenvalue weighted by atomic mass is 32.2. The standard InChI is InChI=1S/C16H27N3S/c1-6-17-16(18-11-13(3)20-5)19-14(4)15-10-8-7-9-12(15)2/h7-10,13-14H,6,11H2,1-5H3,(H2,17,18,19). The summed E-state index contributed by atoms with van der Waals surface area (Å²) in [6.45, 7) is 10.3. The van der Waals surface area contributed by atoms with Gasteiger partial charge in [0.2, 0.25) is 0 Å². The third-order valence-electron chi connectivity index (χ3n) is 3.26. The second kappa shape index (κ2) is 8.90. The normalized spacial score (nSPS) is 14.8. The Morgan fingerprint density at radius 3 is 2.60 bits per heavy atom. The highest BCUT2D eigenvalue weighted by molar-refractivity contribution is 7.99. The summed E-state index contributed by atoms with van der Waals surface area (Å²) in [6, 6.07) is 8.72. The van der Waals surface area contributed by atoms with E-state index in [0.29, 0.717) is 5.25 Å². The molecule has 0 saturated heterocycles. The molecule has 1 aromatic carbocycles. The maximum absolute atomic E-state index is 4.65. The molecule has 0 aliphatic carbocycles. The number of guanidine groups is 1. The fourth-order valence-electron chi connectivity index (χ4n) is 1.97. The van der Waals surface area contributed by atoms with Crippen LogP contribution in [0.3, 0.4) is 0 Å². The molecule has 112 valence electrons. The number of thioether (sulfide) groups is 1. The summed E-state index contributed by atoms with van der Waals surface area (Å²) in [6.07, 6.45) is 2.12. The van der Waals surface area contributed by atoms with Crippen LogP contribution in [0.2, 0.25) is 0 Å². The van der Waals surface area contributed by atoms with E-state index in [2.05, 4.69) is 73.8 Å². The van der Waals surface area contributed by atoms with Crippen molar-refractivity contribution < 1.29 is 0 Å². The molecule has 0 radical (unpaired) electrons. The Labute approximate surface area is 127 Å². The van der Waals surface area contributed by atoms with Crippen LogP contribution in [0.1, 0.15) is 37.9 Å². The van der Waals surface area contributed by atoms with Crippen LogP contribution in [0.25, 0.3) is 0 Å². The molecule has 0 spiro atoms. The number of hydrogen-bond donors (Lipinski definition) is 2. The average Bonchev–Trinajstić information content (AvgIpc) is 2.44. The summed E-state index contributed by atoms with van der Waals surface area (Å²) >= 11 is 1.84. The molecular formula is C16H27N3S. The number of hydrogen-bond acceptors (Lipinski definition) is 2. The largest absolute Gasteiger partial charge is 0.357 e. The second-order valence-electron chi connectivity index (χ2n) is 4.99. The van der Waals surface area contributed by atoms with E-state index < -0.39 is 0 Å². The Kier molecular flexibility index (Phi) is 7.52. The molecule has 3 nitrogen and oxygen atoms in total. The molecule has 20 heavy (non-hydrogen) atoms. The van der Waals surface area contributed by atoms with Gasteiger partial charge in [-0.25, -0.2) is 0 Å². The molecule has 0 bridgehead atoms. The first-order valence-corrected chi connectivity index (χ1v) is 8.50. The van der Waals surface area contributed by atoms with Crippen molar-refractivity contribution in [3.63, 3.8) is 0 Å². The predicted molar refractivity (Wildman–Crippen MR) is 91.7 cm³/mol. The number of rotatable bonds is 6. The number of aliphatic imine (C=N–C) groups is 1. The van der Waals surface area contributed by atoms with Crippen LogP contribution in [-0.4, -0.2) is 30.6 Å². The lowest BCUT2D eigenvalue weighted by Gasteiger charge is -2.20. The molecule has 0 fully saturated rings. The van der Waals surface area contributed by atoms with Gasteiger partial charge in [-0.15, -0.1) is 0 Å². The summed E-state index contributed by atoms with van der Waals surface area (Å²) in [4.78, 5) is 4.65. The third kappa shape index (κ3) is 5.45. The Hall–Kier alpha value is -1.16. The van der Waals surface area contributed by atoms with E-state index in [1.54, 1.807) is 0 Å². The van der Waals surface area contributed by atoms with Gasteiger partial charge in [0.25, 0.3) is 0 Å². The van der Waals surface area contributed by atoms with Crippen molar-refractivity contribution in [3.8, 4) is 0 Å². The molecule has 1 rings (SSSR count). The van der Waals surface area contributed by atoms with Gasteiger partial charge in [0.05, 0.1) is 12.6 Å². The van der Waals surface area contributed by atoms with Gasteiger partial charge in [-0.05, 0) is 38.2 Å². The lowest BCUT2D eigenvalue weighted by Crippen LogP contribution is -2.39. The van der Waals surface area contributed by atoms with Crippen molar-refractivity contribution in [2.75, 3.05) is 19.3 Å². The van der Waals surface area contributed by atoms with Crippen molar-refractivity contribution in [1.29, 1.82) is 0 Å². The Morgan fingerprint density at radius 1 is 1.30 bits per heavy atom. The molecule has 2 unspecified atom stereocenters. The second-order valence-corrected chi connectivity index (χ2v) is 6.26. The number of nitrogens with zero attached hydrogens (tertiary/aromatic N) is 1. The van der Waals surface area contributed by atoms with E-state index in [9.17, 15) is 0 Å². The Balaban J connectivity index is 2.72. The van der Waals surface area contributed by atoms with Crippen LogP contribution in [0.5, 0.6) is 0 Å². The minimum atomic E-state index is 0.249. The number of benzene rings is 1. The SMILES string of the molecule is CCNC(=NCC(C)SC)NC(C)c1ccccc1C. The quantitative estimate of drug-likeness (QED) is 0.624. The molecule has 0 aromatic heterocycles. The summed E-state index contributed by atoms with van der Waals surface area (Å²) < 4.78 is 0. The van der Waals surface area contributed by atoms with E-state index in [0.717, 1.165) is 19.0 Å². The van der Waals surface area contributed by atoms with E-state index in [4.69, 9.17) is 0 Å². The first kappa shape index (κ1) is 16.9. The molecule has 2 N–H and O–H groups in total. The van der Waals surface area contributed by atoms with Crippen LogP contribution in [0.15, 0.2) is 29.3 Å². The molecular weight excluding hydrogens is 266 g/mol. The summed E-state index contributed by atoms with van der Waals surface area (Å²) in [5.74, 6) is 0.893. The van der Waals surface area contributed by atoms with Gasteiger partial charge in [-0.1, -0.05) is 31.2 Å². The van der Waals surface area contributed by atoms with Gasteiger partial charge in [0.15, 0.2) is 5.96 Å². The van der Waals surface area contributed by atoms with E-state index in [-0.39, 0.29) is 6.04 Å². The molecule has 1 aromatic rings. The van der Waals surface area contributed by atoms with Gasteiger partial charge in [-0.2, -0.15) is 11.8 Å². The van der Waals surface area contributed by atoms with Gasteiger partial charge in [0.1, 0.15) is 0 Å². The number of aryl methyl sites for hydroxylation is 1. The minimum absolute atomic E-state index is 0.249. The Morgan fingerprint density at radius 2 is 2.00 bits per heavy atom. The maximum Gasteiger partial charge on any atom is 0.191 e. The smallest absolute Gasteiger partial charge is 0.191 e. The fraction of sp³-hybridized carbons (Fsp3) is 0.562. The summed E-state index contributed by atoms with van der Waals surface area (Å²) in [5.41, 5.74) is 2.62. The predicted octanol–water partition coefficient (Wildman–Crippen LogP) is 3.36. The van der Waals surface area contributed by atoms with Gasteiger partial charge in [0, 0.05) is 11.8 Å². The van der Waals surface area contributed by atoms with E-state index >= 15 is 0 Å². The van der Waals surface area contributed by atoms with Gasteiger partial charge >= 0.3 is 0 Å². The lowest BCUT2D eigenvalue weighted by atomic mass is 10.0. The van der Waals surface area contributed by atoms with Crippen LogP contribution >= 0.6 is 11.8 Å². The zero-order chi connectivity index (χ0) is 15.0. The van der Waals surface area contributed by atoms with Gasteiger partial charge < -0.3 is 10.6 Å². The van der Waals surface area contributed by atoms with Crippen LogP contribution in [0, 0.1) is 6.92 Å². The zero-order valence-corrected chi connectivity index (χ0v) is 14.1.